The fourth-order valence-electron chi connectivity index (χ4n) is 2.35. The van der Waals surface area contributed by atoms with Crippen LogP contribution in [0.15, 0.2) is 54.6 Å². The van der Waals surface area contributed by atoms with Crippen LogP contribution < -0.4 is 10.2 Å². The smallest absolute Gasteiger partial charge is 0.272 e. The second-order valence-electron chi connectivity index (χ2n) is 5.14. The Labute approximate surface area is 123 Å². The number of anilines is 2. The van der Waals surface area contributed by atoms with E-state index in [0.29, 0.717) is 5.69 Å². The van der Waals surface area contributed by atoms with Crippen LogP contribution in [0.25, 0.3) is 10.9 Å². The molecule has 0 fully saturated rings. The maximum atomic E-state index is 12.4. The lowest BCUT2D eigenvalue weighted by molar-refractivity contribution is 0.102. The lowest BCUT2D eigenvalue weighted by atomic mass is 10.2. The van der Waals surface area contributed by atoms with E-state index in [0.717, 1.165) is 22.3 Å². The van der Waals surface area contributed by atoms with E-state index in [4.69, 9.17) is 0 Å². The van der Waals surface area contributed by atoms with Crippen molar-refractivity contribution in [1.29, 1.82) is 0 Å². The molecule has 0 saturated carbocycles. The van der Waals surface area contributed by atoms with Crippen LogP contribution in [0.5, 0.6) is 0 Å². The van der Waals surface area contributed by atoms with Gasteiger partial charge in [-0.15, -0.1) is 0 Å². The van der Waals surface area contributed by atoms with Crippen molar-refractivity contribution in [2.24, 2.45) is 0 Å². The van der Waals surface area contributed by atoms with Crippen LogP contribution in [0.1, 0.15) is 10.5 Å². The summed E-state index contributed by atoms with van der Waals surface area (Å²) in [5, 5.41) is 3.99. The molecule has 1 amide bonds. The molecule has 0 atom stereocenters. The van der Waals surface area contributed by atoms with E-state index in [-0.39, 0.29) is 5.91 Å². The summed E-state index contributed by atoms with van der Waals surface area (Å²) in [6.07, 6.45) is 0. The molecular weight excluding hydrogens is 262 g/mol. The van der Waals surface area contributed by atoms with Crippen molar-refractivity contribution in [3.63, 3.8) is 0 Å². The number of hydrogen-bond acceptors (Lipinski definition) is 2. The Morgan fingerprint density at radius 3 is 2.52 bits per heavy atom. The summed E-state index contributed by atoms with van der Waals surface area (Å²) < 4.78 is 0. The van der Waals surface area contributed by atoms with Gasteiger partial charge in [-0.05, 0) is 24.3 Å². The number of nitrogens with zero attached hydrogens (tertiary/aromatic N) is 1. The van der Waals surface area contributed by atoms with Crippen molar-refractivity contribution in [3.05, 3.63) is 60.3 Å². The highest BCUT2D eigenvalue weighted by molar-refractivity contribution is 6.07. The van der Waals surface area contributed by atoms with Crippen LogP contribution in [0.2, 0.25) is 0 Å². The average Bonchev–Trinajstić information content (AvgIpc) is 2.91. The van der Waals surface area contributed by atoms with E-state index in [2.05, 4.69) is 10.3 Å². The molecule has 0 aliphatic carbocycles. The molecule has 1 heterocycles. The van der Waals surface area contributed by atoms with E-state index < -0.39 is 0 Å². The molecule has 106 valence electrons. The number of benzene rings is 2. The molecule has 2 N–H and O–H groups in total. The third kappa shape index (κ3) is 2.60. The van der Waals surface area contributed by atoms with Gasteiger partial charge in [-0.2, -0.15) is 0 Å². The molecule has 0 saturated heterocycles. The standard InChI is InChI=1S/C17H17N3O/c1-20(2)16-10-6-5-9-14(16)19-17(21)15-11-12-7-3-4-8-13(12)18-15/h3-11,18H,1-2H3,(H,19,21). The zero-order chi connectivity index (χ0) is 14.8. The molecule has 2 aromatic carbocycles. The summed E-state index contributed by atoms with van der Waals surface area (Å²) in [5.41, 5.74) is 3.29. The molecule has 0 aliphatic rings. The summed E-state index contributed by atoms with van der Waals surface area (Å²) in [7, 11) is 3.90. The molecule has 4 heteroatoms. The topological polar surface area (TPSA) is 48.1 Å². The fourth-order valence-corrected chi connectivity index (χ4v) is 2.35. The zero-order valence-electron chi connectivity index (χ0n) is 12.1. The lowest BCUT2D eigenvalue weighted by Gasteiger charge is -2.17. The van der Waals surface area contributed by atoms with E-state index in [9.17, 15) is 4.79 Å². The normalized spacial score (nSPS) is 10.6. The van der Waals surface area contributed by atoms with Gasteiger partial charge in [-0.25, -0.2) is 0 Å². The van der Waals surface area contributed by atoms with Gasteiger partial charge in [-0.3, -0.25) is 4.79 Å². The first kappa shape index (κ1) is 13.2. The second-order valence-corrected chi connectivity index (χ2v) is 5.14. The van der Waals surface area contributed by atoms with Crippen molar-refractivity contribution in [2.75, 3.05) is 24.3 Å². The largest absolute Gasteiger partial charge is 0.376 e. The Hall–Kier alpha value is -2.75. The van der Waals surface area contributed by atoms with Gasteiger partial charge in [0.15, 0.2) is 0 Å². The monoisotopic (exact) mass is 279 g/mol. The first-order chi connectivity index (χ1) is 10.1. The molecule has 3 rings (SSSR count). The summed E-state index contributed by atoms with van der Waals surface area (Å²) in [6.45, 7) is 0. The van der Waals surface area contributed by atoms with Crippen molar-refractivity contribution in [1.82, 2.24) is 4.98 Å². The van der Waals surface area contributed by atoms with Gasteiger partial charge in [0.05, 0.1) is 11.4 Å². The molecular formula is C17H17N3O. The second kappa shape index (κ2) is 5.32. The van der Waals surface area contributed by atoms with Crippen molar-refractivity contribution in [2.45, 2.75) is 0 Å². The Balaban J connectivity index is 1.89. The molecule has 0 bridgehead atoms. The third-order valence-electron chi connectivity index (χ3n) is 3.41. The minimum atomic E-state index is -0.138. The van der Waals surface area contributed by atoms with Crippen LogP contribution in [-0.4, -0.2) is 25.0 Å². The van der Waals surface area contributed by atoms with E-state index in [1.165, 1.54) is 0 Å². The van der Waals surface area contributed by atoms with Crippen molar-refractivity contribution in [3.8, 4) is 0 Å². The number of fused-ring (bicyclic) bond motifs is 1. The van der Waals surface area contributed by atoms with Gasteiger partial charge in [-0.1, -0.05) is 30.3 Å². The highest BCUT2D eigenvalue weighted by atomic mass is 16.1. The Morgan fingerprint density at radius 1 is 1.05 bits per heavy atom. The minimum Gasteiger partial charge on any atom is -0.376 e. The lowest BCUT2D eigenvalue weighted by Crippen LogP contribution is -2.16. The molecule has 1 aromatic heterocycles. The van der Waals surface area contributed by atoms with Crippen LogP contribution in [0, 0.1) is 0 Å². The number of aromatic amines is 1. The van der Waals surface area contributed by atoms with Crippen LogP contribution in [0.4, 0.5) is 11.4 Å². The highest BCUT2D eigenvalue weighted by Crippen LogP contribution is 2.24. The number of amides is 1. The number of nitrogens with one attached hydrogen (secondary N) is 2. The van der Waals surface area contributed by atoms with Crippen LogP contribution in [0.3, 0.4) is 0 Å². The predicted octanol–water partition coefficient (Wildman–Crippen LogP) is 3.49. The molecule has 0 unspecified atom stereocenters. The molecule has 4 nitrogen and oxygen atoms in total. The Kier molecular flexibility index (Phi) is 3.36. The van der Waals surface area contributed by atoms with E-state index in [1.54, 1.807) is 0 Å². The summed E-state index contributed by atoms with van der Waals surface area (Å²) in [4.78, 5) is 17.5. The van der Waals surface area contributed by atoms with Gasteiger partial charge in [0, 0.05) is 25.0 Å². The number of rotatable bonds is 3. The maximum Gasteiger partial charge on any atom is 0.272 e. The molecule has 3 aromatic rings. The first-order valence-corrected chi connectivity index (χ1v) is 6.80. The van der Waals surface area contributed by atoms with Gasteiger partial charge in [0.1, 0.15) is 5.69 Å². The summed E-state index contributed by atoms with van der Waals surface area (Å²) in [6, 6.07) is 17.4. The van der Waals surface area contributed by atoms with Gasteiger partial charge >= 0.3 is 0 Å². The quantitative estimate of drug-likeness (QED) is 0.771. The Morgan fingerprint density at radius 2 is 1.76 bits per heavy atom. The van der Waals surface area contributed by atoms with Gasteiger partial charge in [0.2, 0.25) is 0 Å². The fraction of sp³-hybridized carbons (Fsp3) is 0.118. The third-order valence-corrected chi connectivity index (χ3v) is 3.41. The SMILES string of the molecule is CN(C)c1ccccc1NC(=O)c1cc2ccccc2[nH]1. The Bertz CT molecular complexity index is 756. The van der Waals surface area contributed by atoms with Gasteiger partial charge in [0.25, 0.3) is 5.91 Å². The maximum absolute atomic E-state index is 12.4. The van der Waals surface area contributed by atoms with Crippen molar-refractivity contribution >= 4 is 28.2 Å². The number of para-hydroxylation sites is 3. The van der Waals surface area contributed by atoms with Crippen LogP contribution >= 0.6 is 0 Å². The van der Waals surface area contributed by atoms with Crippen LogP contribution in [-0.2, 0) is 0 Å². The number of hydrogen-bond donors (Lipinski definition) is 2. The molecule has 0 aliphatic heterocycles. The van der Waals surface area contributed by atoms with Gasteiger partial charge < -0.3 is 15.2 Å². The summed E-state index contributed by atoms with van der Waals surface area (Å²) >= 11 is 0. The first-order valence-electron chi connectivity index (χ1n) is 6.80. The average molecular weight is 279 g/mol. The zero-order valence-corrected chi connectivity index (χ0v) is 12.1. The van der Waals surface area contributed by atoms with E-state index >= 15 is 0 Å². The number of aromatic nitrogens is 1. The number of H-pyrrole nitrogens is 1. The molecule has 0 spiro atoms. The van der Waals surface area contributed by atoms with Crippen molar-refractivity contribution < 1.29 is 4.79 Å². The predicted molar refractivity (Wildman–Crippen MR) is 87.0 cm³/mol. The van der Waals surface area contributed by atoms with E-state index in [1.807, 2.05) is 73.6 Å². The molecule has 0 radical (unpaired) electrons. The molecule has 21 heavy (non-hydrogen) atoms. The number of carbonyl (C=O) groups excluding carboxylic acids is 1. The highest BCUT2D eigenvalue weighted by Gasteiger charge is 2.12. The number of carbonyl (C=O) groups is 1. The minimum absolute atomic E-state index is 0.138. The summed E-state index contributed by atoms with van der Waals surface area (Å²) in [5.74, 6) is -0.138.